The number of nitrogens with one attached hydrogen (secondary N) is 2. The molecule has 0 unspecified atom stereocenters. The van der Waals surface area contributed by atoms with E-state index in [4.69, 9.17) is 4.74 Å². The molecule has 1 aromatic rings. The van der Waals surface area contributed by atoms with Gasteiger partial charge in [-0.3, -0.25) is 4.79 Å². The molecule has 3 aliphatic rings. The van der Waals surface area contributed by atoms with Gasteiger partial charge < -0.3 is 10.1 Å². The first-order valence-corrected chi connectivity index (χ1v) is 12.1. The van der Waals surface area contributed by atoms with Crippen LogP contribution >= 0.6 is 0 Å². The van der Waals surface area contributed by atoms with Crippen LogP contribution < -0.4 is 10.0 Å². The van der Waals surface area contributed by atoms with E-state index in [1.807, 2.05) is 0 Å². The third-order valence-corrected chi connectivity index (χ3v) is 9.22. The topological polar surface area (TPSA) is 84.5 Å². The maximum absolute atomic E-state index is 12.5. The molecule has 0 radical (unpaired) electrons. The summed E-state index contributed by atoms with van der Waals surface area (Å²) in [6.45, 7) is 7.19. The molecule has 2 N–H and O–H groups in total. The summed E-state index contributed by atoms with van der Waals surface area (Å²) in [5, 5.41) is 3.27. The highest BCUT2D eigenvalue weighted by atomic mass is 32.2. The van der Waals surface area contributed by atoms with E-state index in [0.29, 0.717) is 31.4 Å². The average Bonchev–Trinajstić information content (AvgIpc) is 3.16. The lowest BCUT2D eigenvalue weighted by Crippen LogP contribution is -2.60. The van der Waals surface area contributed by atoms with Crippen LogP contribution in [0.4, 0.5) is 0 Å². The van der Waals surface area contributed by atoms with Gasteiger partial charge in [-0.2, -0.15) is 0 Å². The van der Waals surface area contributed by atoms with E-state index in [1.165, 1.54) is 0 Å². The Bertz CT molecular complexity index is 870. The maximum Gasteiger partial charge on any atom is 0.240 e. The average molecular weight is 421 g/mol. The minimum absolute atomic E-state index is 0.0274. The van der Waals surface area contributed by atoms with Crippen LogP contribution in [0.25, 0.3) is 0 Å². The zero-order valence-corrected chi connectivity index (χ0v) is 18.3. The van der Waals surface area contributed by atoms with Gasteiger partial charge in [0.15, 0.2) is 0 Å². The quantitative estimate of drug-likeness (QED) is 0.741. The van der Waals surface area contributed by atoms with Crippen molar-refractivity contribution in [2.75, 3.05) is 13.2 Å². The molecule has 4 rings (SSSR count). The maximum atomic E-state index is 12.5. The fourth-order valence-electron chi connectivity index (χ4n) is 6.42. The molecule has 3 fully saturated rings. The van der Waals surface area contributed by atoms with Crippen molar-refractivity contribution < 1.29 is 17.9 Å². The lowest BCUT2D eigenvalue weighted by Gasteiger charge is -2.53. The molecule has 1 saturated heterocycles. The van der Waals surface area contributed by atoms with Gasteiger partial charge in [-0.15, -0.1) is 0 Å². The fourth-order valence-corrected chi connectivity index (χ4v) is 7.48. The van der Waals surface area contributed by atoms with Crippen LogP contribution in [0, 0.1) is 22.7 Å². The van der Waals surface area contributed by atoms with Crippen molar-refractivity contribution in [3.63, 3.8) is 0 Å². The first-order valence-electron chi connectivity index (χ1n) is 10.6. The van der Waals surface area contributed by atoms with Gasteiger partial charge in [0.2, 0.25) is 15.9 Å². The number of ether oxygens (including phenoxy) is 1. The Hall–Kier alpha value is -1.44. The molecule has 1 aromatic carbocycles. The number of hydrogen-bond donors (Lipinski definition) is 2. The highest BCUT2D eigenvalue weighted by molar-refractivity contribution is 7.89. The molecule has 160 valence electrons. The summed E-state index contributed by atoms with van der Waals surface area (Å²) < 4.78 is 33.8. The zero-order valence-electron chi connectivity index (χ0n) is 17.5. The summed E-state index contributed by atoms with van der Waals surface area (Å²) in [5.74, 6) is 0.962. The van der Waals surface area contributed by atoms with Crippen LogP contribution in [-0.2, 0) is 19.6 Å². The number of sulfonamides is 1. The van der Waals surface area contributed by atoms with Crippen molar-refractivity contribution in [3.8, 4) is 0 Å². The predicted octanol–water partition coefficient (Wildman–Crippen LogP) is 2.70. The van der Waals surface area contributed by atoms with Crippen molar-refractivity contribution >= 4 is 15.9 Å². The Morgan fingerprint density at radius 2 is 1.97 bits per heavy atom. The lowest BCUT2D eigenvalue weighted by atomic mass is 9.59. The van der Waals surface area contributed by atoms with E-state index in [2.05, 4.69) is 23.9 Å². The van der Waals surface area contributed by atoms with Crippen molar-refractivity contribution in [1.82, 2.24) is 10.0 Å². The molecule has 29 heavy (non-hydrogen) atoms. The summed E-state index contributed by atoms with van der Waals surface area (Å²) in [5.41, 5.74) is 0.153. The minimum atomic E-state index is -3.50. The standard InChI is InChI=1S/C22H32N2O4S/c1-15(25)24-20-21(2,3)16-13-18-19(28-12-10-22(18,20)14-16)9-11-23-29(26,27)17-7-5-4-6-8-17/h4-8,16,18-20,23H,9-14H2,1-3H3,(H,24,25)/t16-,18-,19-,20+,22-/m1/s1. The van der Waals surface area contributed by atoms with Crippen molar-refractivity contribution in [2.24, 2.45) is 22.7 Å². The molecule has 1 heterocycles. The predicted molar refractivity (Wildman–Crippen MR) is 111 cm³/mol. The molecule has 2 bridgehead atoms. The SMILES string of the molecule is CC(=O)N[C@H]1C(C)(C)[C@@H]2C[C@@H]3[C@@H](CCNS(=O)(=O)c4ccccc4)OCC[C@@]31C2. The molecular formula is C22H32N2O4S. The van der Waals surface area contributed by atoms with Crippen LogP contribution in [-0.4, -0.2) is 39.6 Å². The number of fused-ring (bicyclic) bond motifs is 1. The number of carbonyl (C=O) groups excluding carboxylic acids is 1. The molecule has 2 aliphatic carbocycles. The van der Waals surface area contributed by atoms with E-state index in [0.717, 1.165) is 19.3 Å². The van der Waals surface area contributed by atoms with Gasteiger partial charge in [-0.1, -0.05) is 32.0 Å². The largest absolute Gasteiger partial charge is 0.378 e. The smallest absolute Gasteiger partial charge is 0.240 e. The van der Waals surface area contributed by atoms with Gasteiger partial charge in [0.05, 0.1) is 11.0 Å². The first-order chi connectivity index (χ1) is 13.7. The fraction of sp³-hybridized carbons (Fsp3) is 0.682. The Balaban J connectivity index is 1.45. The third-order valence-electron chi connectivity index (χ3n) is 7.74. The second-order valence-corrected chi connectivity index (χ2v) is 11.4. The number of benzene rings is 1. The molecule has 0 aromatic heterocycles. The Morgan fingerprint density at radius 1 is 1.24 bits per heavy atom. The Kier molecular flexibility index (Phi) is 5.28. The van der Waals surface area contributed by atoms with Crippen molar-refractivity contribution in [1.29, 1.82) is 0 Å². The van der Waals surface area contributed by atoms with Crippen LogP contribution in [0.5, 0.6) is 0 Å². The summed E-state index contributed by atoms with van der Waals surface area (Å²) in [6, 6.07) is 8.61. The highest BCUT2D eigenvalue weighted by Gasteiger charge is 2.68. The van der Waals surface area contributed by atoms with E-state index in [1.54, 1.807) is 37.3 Å². The van der Waals surface area contributed by atoms with Gasteiger partial charge in [0.1, 0.15) is 0 Å². The minimum Gasteiger partial charge on any atom is -0.378 e. The van der Waals surface area contributed by atoms with Gasteiger partial charge >= 0.3 is 0 Å². The van der Waals surface area contributed by atoms with Crippen LogP contribution in [0.15, 0.2) is 35.2 Å². The molecule has 1 aliphatic heterocycles. The van der Waals surface area contributed by atoms with Crippen molar-refractivity contribution in [2.45, 2.75) is 63.5 Å². The van der Waals surface area contributed by atoms with Crippen LogP contribution in [0.1, 0.15) is 46.5 Å². The highest BCUT2D eigenvalue weighted by Crippen LogP contribution is 2.68. The second kappa shape index (κ2) is 7.36. The van der Waals surface area contributed by atoms with Crippen LogP contribution in [0.2, 0.25) is 0 Å². The molecule has 1 spiro atoms. The molecule has 7 heteroatoms. The van der Waals surface area contributed by atoms with Crippen molar-refractivity contribution in [3.05, 3.63) is 30.3 Å². The second-order valence-electron chi connectivity index (χ2n) is 9.59. The van der Waals surface area contributed by atoms with E-state index < -0.39 is 10.0 Å². The summed E-state index contributed by atoms with van der Waals surface area (Å²) in [6.07, 6.45) is 3.87. The Morgan fingerprint density at radius 3 is 2.66 bits per heavy atom. The molecule has 6 nitrogen and oxygen atoms in total. The summed E-state index contributed by atoms with van der Waals surface area (Å²) >= 11 is 0. The molecular weight excluding hydrogens is 388 g/mol. The number of rotatable bonds is 6. The number of carbonyl (C=O) groups is 1. The Labute approximate surface area is 173 Å². The normalized spacial score (nSPS) is 35.3. The van der Waals surface area contributed by atoms with E-state index in [9.17, 15) is 13.2 Å². The summed E-state index contributed by atoms with van der Waals surface area (Å²) in [7, 11) is -3.50. The molecule has 1 amide bonds. The summed E-state index contributed by atoms with van der Waals surface area (Å²) in [4.78, 5) is 12.2. The lowest BCUT2D eigenvalue weighted by molar-refractivity contribution is -0.135. The van der Waals surface area contributed by atoms with Gasteiger partial charge in [0.25, 0.3) is 0 Å². The van der Waals surface area contributed by atoms with Crippen LogP contribution in [0.3, 0.4) is 0 Å². The third kappa shape index (κ3) is 3.51. The monoisotopic (exact) mass is 420 g/mol. The van der Waals surface area contributed by atoms with E-state index in [-0.39, 0.29) is 33.8 Å². The molecule has 5 atom stereocenters. The van der Waals surface area contributed by atoms with Gasteiger partial charge in [-0.05, 0) is 60.5 Å². The first kappa shape index (κ1) is 20.8. The van der Waals surface area contributed by atoms with Gasteiger partial charge in [-0.25, -0.2) is 13.1 Å². The van der Waals surface area contributed by atoms with E-state index >= 15 is 0 Å². The van der Waals surface area contributed by atoms with Gasteiger partial charge in [0, 0.05) is 26.1 Å². The number of hydrogen-bond acceptors (Lipinski definition) is 4. The zero-order chi connectivity index (χ0) is 20.9. The number of amides is 1. The molecule has 2 saturated carbocycles.